The van der Waals surface area contributed by atoms with Gasteiger partial charge < -0.3 is 15.4 Å². The summed E-state index contributed by atoms with van der Waals surface area (Å²) in [5.74, 6) is 3.30. The van der Waals surface area contributed by atoms with Crippen LogP contribution in [0.4, 0.5) is 0 Å². The number of hydrogen-bond donors (Lipinski definition) is 2. The van der Waals surface area contributed by atoms with Gasteiger partial charge in [-0.05, 0) is 19.4 Å². The van der Waals surface area contributed by atoms with E-state index < -0.39 is 6.10 Å². The van der Waals surface area contributed by atoms with Crippen LogP contribution in [0.25, 0.3) is 0 Å². The zero-order valence-corrected chi connectivity index (χ0v) is 12.0. The lowest BCUT2D eigenvalue weighted by Crippen LogP contribution is -2.19. The van der Waals surface area contributed by atoms with Gasteiger partial charge in [0.25, 0.3) is 5.89 Å². The maximum Gasteiger partial charge on any atom is 0.255 e. The zero-order chi connectivity index (χ0) is 13.0. The van der Waals surface area contributed by atoms with E-state index in [9.17, 15) is 5.11 Å². The van der Waals surface area contributed by atoms with Crippen LogP contribution in [-0.4, -0.2) is 38.5 Å². The number of hydrogen-bond acceptors (Lipinski definition) is 7. The highest BCUT2D eigenvalue weighted by molar-refractivity contribution is 8.06. The fourth-order valence-corrected chi connectivity index (χ4v) is 4.90. The van der Waals surface area contributed by atoms with Crippen LogP contribution < -0.4 is 5.73 Å². The predicted molar refractivity (Wildman–Crippen MR) is 74.7 cm³/mol. The number of aromatic nitrogens is 2. The molecule has 0 aliphatic carbocycles. The number of thioether (sulfide) groups is 2. The van der Waals surface area contributed by atoms with Crippen molar-refractivity contribution in [2.75, 3.05) is 18.1 Å². The van der Waals surface area contributed by atoms with Crippen LogP contribution >= 0.6 is 23.5 Å². The average Bonchev–Trinajstić information content (AvgIpc) is 2.88. The Labute approximate surface area is 115 Å². The third-order valence-corrected chi connectivity index (χ3v) is 6.13. The largest absolute Gasteiger partial charge is 0.383 e. The number of nitrogens with two attached hydrogens (primary N) is 1. The van der Waals surface area contributed by atoms with E-state index in [0.717, 1.165) is 12.2 Å². The van der Waals surface area contributed by atoms with Gasteiger partial charge in [0.1, 0.15) is 6.10 Å². The van der Waals surface area contributed by atoms with Crippen LogP contribution in [0.15, 0.2) is 4.52 Å². The Morgan fingerprint density at radius 1 is 1.50 bits per heavy atom. The summed E-state index contributed by atoms with van der Waals surface area (Å²) >= 11 is 3.84. The summed E-state index contributed by atoms with van der Waals surface area (Å²) in [5.41, 5.74) is 5.40. The topological polar surface area (TPSA) is 85.2 Å². The third kappa shape index (κ3) is 3.20. The standard InChI is InChI=1S/C11H19N3O2S2/c1-2-8-9(18-6-5-17-8)10-13-11(16-14-10)7(15)3-4-12/h7-9,15H,2-6,12H2,1H3. The lowest BCUT2D eigenvalue weighted by Gasteiger charge is -2.27. The van der Waals surface area contributed by atoms with Gasteiger partial charge in [0.2, 0.25) is 0 Å². The molecule has 18 heavy (non-hydrogen) atoms. The summed E-state index contributed by atoms with van der Waals surface area (Å²) in [6.45, 7) is 2.59. The van der Waals surface area contributed by atoms with Crippen molar-refractivity contribution in [2.24, 2.45) is 5.73 Å². The van der Waals surface area contributed by atoms with Gasteiger partial charge in [-0.25, -0.2) is 0 Å². The fourth-order valence-electron chi connectivity index (χ4n) is 1.92. The number of aliphatic hydroxyl groups is 1. The maximum atomic E-state index is 9.77. The molecule has 1 aliphatic heterocycles. The van der Waals surface area contributed by atoms with E-state index >= 15 is 0 Å². The van der Waals surface area contributed by atoms with Gasteiger partial charge in [-0.1, -0.05) is 12.1 Å². The van der Waals surface area contributed by atoms with Gasteiger partial charge in [-0.15, -0.1) is 11.8 Å². The van der Waals surface area contributed by atoms with Gasteiger partial charge in [0, 0.05) is 16.8 Å². The van der Waals surface area contributed by atoms with Gasteiger partial charge >= 0.3 is 0 Å². The molecule has 0 radical (unpaired) electrons. The summed E-state index contributed by atoms with van der Waals surface area (Å²) in [6, 6.07) is 0. The minimum absolute atomic E-state index is 0.274. The van der Waals surface area contributed by atoms with E-state index in [-0.39, 0.29) is 5.25 Å². The maximum absolute atomic E-state index is 9.77. The molecule has 0 saturated carbocycles. The second-order valence-corrected chi connectivity index (χ2v) is 6.79. The van der Waals surface area contributed by atoms with E-state index in [4.69, 9.17) is 10.3 Å². The summed E-state index contributed by atoms with van der Waals surface area (Å²) in [7, 11) is 0. The highest BCUT2D eigenvalue weighted by Crippen LogP contribution is 2.43. The van der Waals surface area contributed by atoms with Crippen molar-refractivity contribution in [2.45, 2.75) is 36.4 Å². The Kier molecular flexibility index (Phi) is 5.35. The molecule has 1 aromatic heterocycles. The molecule has 7 heteroatoms. The molecular formula is C11H19N3O2S2. The van der Waals surface area contributed by atoms with Crippen LogP contribution in [0, 0.1) is 0 Å². The predicted octanol–water partition coefficient (Wildman–Crippen LogP) is 1.75. The molecule has 102 valence electrons. The third-order valence-electron chi connectivity index (χ3n) is 2.89. The minimum atomic E-state index is -0.738. The molecule has 3 atom stereocenters. The first kappa shape index (κ1) is 14.2. The Balaban J connectivity index is 2.08. The summed E-state index contributed by atoms with van der Waals surface area (Å²) < 4.78 is 5.14. The monoisotopic (exact) mass is 289 g/mol. The molecule has 0 aromatic carbocycles. The van der Waals surface area contributed by atoms with E-state index in [1.54, 1.807) is 0 Å². The van der Waals surface area contributed by atoms with Crippen LogP contribution in [0.5, 0.6) is 0 Å². The molecule has 0 bridgehead atoms. The first-order chi connectivity index (χ1) is 8.76. The Bertz CT molecular complexity index is 375. The molecule has 1 fully saturated rings. The molecule has 1 aromatic rings. The lowest BCUT2D eigenvalue weighted by atomic mass is 10.2. The minimum Gasteiger partial charge on any atom is -0.383 e. The van der Waals surface area contributed by atoms with Crippen LogP contribution in [0.3, 0.4) is 0 Å². The van der Waals surface area contributed by atoms with Crippen molar-refractivity contribution < 1.29 is 9.63 Å². The lowest BCUT2D eigenvalue weighted by molar-refractivity contribution is 0.127. The van der Waals surface area contributed by atoms with E-state index in [0.29, 0.717) is 29.9 Å². The Morgan fingerprint density at radius 3 is 3.00 bits per heavy atom. The SMILES string of the molecule is CCC1SCCSC1c1noc(C(O)CCN)n1. The quantitative estimate of drug-likeness (QED) is 0.854. The van der Waals surface area contributed by atoms with E-state index in [2.05, 4.69) is 17.1 Å². The zero-order valence-electron chi connectivity index (χ0n) is 10.4. The fraction of sp³-hybridized carbons (Fsp3) is 0.818. The number of aliphatic hydroxyl groups excluding tert-OH is 1. The molecule has 5 nitrogen and oxygen atoms in total. The van der Waals surface area contributed by atoms with Gasteiger partial charge in [-0.2, -0.15) is 16.7 Å². The second-order valence-electron chi connectivity index (χ2n) is 4.19. The Hall–Kier alpha value is -0.240. The summed E-state index contributed by atoms with van der Waals surface area (Å²) in [6.07, 6.45) is 0.806. The molecule has 3 unspecified atom stereocenters. The van der Waals surface area contributed by atoms with Crippen molar-refractivity contribution in [3.63, 3.8) is 0 Å². The smallest absolute Gasteiger partial charge is 0.255 e. The van der Waals surface area contributed by atoms with Crippen LogP contribution in [0.1, 0.15) is 42.8 Å². The van der Waals surface area contributed by atoms with Crippen LogP contribution in [-0.2, 0) is 0 Å². The van der Waals surface area contributed by atoms with E-state index in [1.807, 2.05) is 23.5 Å². The molecule has 1 aliphatic rings. The molecule has 3 N–H and O–H groups in total. The Morgan fingerprint density at radius 2 is 2.28 bits per heavy atom. The molecule has 0 spiro atoms. The van der Waals surface area contributed by atoms with Crippen molar-refractivity contribution in [3.8, 4) is 0 Å². The van der Waals surface area contributed by atoms with E-state index in [1.165, 1.54) is 5.75 Å². The summed E-state index contributed by atoms with van der Waals surface area (Å²) in [5, 5.41) is 14.6. The van der Waals surface area contributed by atoms with Gasteiger partial charge in [0.05, 0.1) is 5.25 Å². The van der Waals surface area contributed by atoms with Gasteiger partial charge in [0.15, 0.2) is 5.82 Å². The first-order valence-electron chi connectivity index (χ1n) is 6.21. The van der Waals surface area contributed by atoms with Crippen LogP contribution in [0.2, 0.25) is 0 Å². The van der Waals surface area contributed by atoms with Gasteiger partial charge in [-0.3, -0.25) is 0 Å². The van der Waals surface area contributed by atoms with Crippen molar-refractivity contribution in [1.29, 1.82) is 0 Å². The number of rotatable bonds is 5. The average molecular weight is 289 g/mol. The molecule has 2 rings (SSSR count). The molecular weight excluding hydrogens is 270 g/mol. The first-order valence-corrected chi connectivity index (χ1v) is 8.30. The second kappa shape index (κ2) is 6.79. The normalized spacial score (nSPS) is 26.2. The van der Waals surface area contributed by atoms with Crippen molar-refractivity contribution >= 4 is 23.5 Å². The number of nitrogens with zero attached hydrogens (tertiary/aromatic N) is 2. The molecule has 2 heterocycles. The van der Waals surface area contributed by atoms with Crippen molar-refractivity contribution in [3.05, 3.63) is 11.7 Å². The highest BCUT2D eigenvalue weighted by Gasteiger charge is 2.31. The summed E-state index contributed by atoms with van der Waals surface area (Å²) in [4.78, 5) is 4.33. The molecule has 1 saturated heterocycles. The van der Waals surface area contributed by atoms with Crippen molar-refractivity contribution in [1.82, 2.24) is 10.1 Å². The highest BCUT2D eigenvalue weighted by atomic mass is 32.2. The molecule has 0 amide bonds.